The van der Waals surface area contributed by atoms with Gasteiger partial charge in [0.15, 0.2) is 5.78 Å². The van der Waals surface area contributed by atoms with E-state index in [2.05, 4.69) is 26.8 Å². The number of nitrogens with zero attached hydrogens (tertiary/aromatic N) is 4. The maximum Gasteiger partial charge on any atom is 0.411 e. The molecule has 7 nitrogen and oxygen atoms in total. The highest BCUT2D eigenvalue weighted by Gasteiger charge is 2.52. The monoisotopic (exact) mass is 536 g/mol. The van der Waals surface area contributed by atoms with E-state index in [1.54, 1.807) is 11.0 Å². The second kappa shape index (κ2) is 11.5. The Bertz CT molecular complexity index is 1260. The minimum atomic E-state index is -0.686. The van der Waals surface area contributed by atoms with Gasteiger partial charge in [0.05, 0.1) is 23.7 Å². The average molecular weight is 537 g/mol. The molecule has 1 amide bonds. The van der Waals surface area contributed by atoms with Gasteiger partial charge in [-0.3, -0.25) is 14.4 Å². The zero-order valence-corrected chi connectivity index (χ0v) is 24.0. The van der Waals surface area contributed by atoms with Crippen molar-refractivity contribution < 1.29 is 18.7 Å². The number of Topliss-reactive ketones (excluding diaryl/α,β-unsaturated/α-hetero) is 1. The Balaban J connectivity index is 1.46. The molecule has 2 fully saturated rings. The molecular weight excluding hydrogens is 495 g/mol. The molecule has 210 valence electrons. The molecule has 0 spiro atoms. The SMILES string of the molecule is CCc1cc(-c2ccc(C[C@@H](C#N)CC(=O)[C@@H]3[C@H]4CC[C@H](C4)N3C(=O)OC(C)(C)C)c(F)c2)nn1CC(C)C. The zero-order chi connectivity index (χ0) is 28.5. The van der Waals surface area contributed by atoms with Crippen molar-refractivity contribution in [2.75, 3.05) is 0 Å². The fourth-order valence-electron chi connectivity index (χ4n) is 6.03. The number of ketones is 1. The van der Waals surface area contributed by atoms with Gasteiger partial charge in [-0.1, -0.05) is 32.9 Å². The number of amides is 1. The number of fused-ring (bicyclic) bond motifs is 2. The highest BCUT2D eigenvalue weighted by Crippen LogP contribution is 2.44. The van der Waals surface area contributed by atoms with Crippen LogP contribution in [0.4, 0.5) is 9.18 Å². The summed E-state index contributed by atoms with van der Waals surface area (Å²) in [6, 6.07) is 8.62. The number of halogens is 1. The number of rotatable bonds is 9. The van der Waals surface area contributed by atoms with Gasteiger partial charge >= 0.3 is 6.09 Å². The van der Waals surface area contributed by atoms with E-state index in [-0.39, 0.29) is 30.6 Å². The van der Waals surface area contributed by atoms with Crippen molar-refractivity contribution in [2.45, 2.75) is 104 Å². The summed E-state index contributed by atoms with van der Waals surface area (Å²) >= 11 is 0. The fourth-order valence-corrected chi connectivity index (χ4v) is 6.03. The molecule has 2 aliphatic rings. The second-order valence-electron chi connectivity index (χ2n) is 12.5. The maximum absolute atomic E-state index is 15.2. The summed E-state index contributed by atoms with van der Waals surface area (Å²) in [6.45, 7) is 12.6. The number of nitriles is 1. The van der Waals surface area contributed by atoms with Gasteiger partial charge < -0.3 is 4.74 Å². The molecule has 39 heavy (non-hydrogen) atoms. The lowest BCUT2D eigenvalue weighted by molar-refractivity contribution is -0.126. The number of ether oxygens (including phenoxy) is 1. The molecule has 1 aromatic heterocycles. The maximum atomic E-state index is 15.2. The lowest BCUT2D eigenvalue weighted by Crippen LogP contribution is -2.51. The average Bonchev–Trinajstić information content (AvgIpc) is 3.57. The Labute approximate surface area is 231 Å². The zero-order valence-electron chi connectivity index (χ0n) is 24.0. The van der Waals surface area contributed by atoms with Crippen LogP contribution in [0.3, 0.4) is 0 Å². The molecule has 2 heterocycles. The van der Waals surface area contributed by atoms with E-state index in [4.69, 9.17) is 9.84 Å². The molecule has 4 rings (SSSR count). The highest BCUT2D eigenvalue weighted by molar-refractivity contribution is 5.89. The predicted molar refractivity (Wildman–Crippen MR) is 147 cm³/mol. The molecule has 1 aromatic carbocycles. The van der Waals surface area contributed by atoms with Crippen molar-refractivity contribution in [1.82, 2.24) is 14.7 Å². The van der Waals surface area contributed by atoms with Crippen LogP contribution in [0.25, 0.3) is 11.3 Å². The largest absolute Gasteiger partial charge is 0.444 e. The Kier molecular flexibility index (Phi) is 8.48. The van der Waals surface area contributed by atoms with Crippen LogP contribution in [0.15, 0.2) is 24.3 Å². The fraction of sp³-hybridized carbons (Fsp3) is 0.613. The van der Waals surface area contributed by atoms with E-state index < -0.39 is 29.5 Å². The third kappa shape index (κ3) is 6.51. The van der Waals surface area contributed by atoms with E-state index in [1.807, 2.05) is 37.6 Å². The molecule has 2 bridgehead atoms. The summed E-state index contributed by atoms with van der Waals surface area (Å²) in [5.41, 5.74) is 2.26. The summed E-state index contributed by atoms with van der Waals surface area (Å²) in [5, 5.41) is 14.5. The van der Waals surface area contributed by atoms with Crippen LogP contribution in [0.5, 0.6) is 0 Å². The van der Waals surface area contributed by atoms with Crippen molar-refractivity contribution in [2.24, 2.45) is 17.8 Å². The summed E-state index contributed by atoms with van der Waals surface area (Å²) in [4.78, 5) is 28.0. The summed E-state index contributed by atoms with van der Waals surface area (Å²) < 4.78 is 22.8. The van der Waals surface area contributed by atoms with Crippen LogP contribution < -0.4 is 0 Å². The van der Waals surface area contributed by atoms with Crippen molar-refractivity contribution >= 4 is 11.9 Å². The Morgan fingerprint density at radius 1 is 1.23 bits per heavy atom. The van der Waals surface area contributed by atoms with Gasteiger partial charge in [0.1, 0.15) is 11.4 Å². The standard InChI is InChI=1S/C31H41FN4O3/c1-7-24-16-27(34-35(24)18-19(2)3)22-9-8-21(26(32)15-22)12-20(17-33)13-28(37)29-23-10-11-25(14-23)36(29)30(38)39-31(4,5)6/h8-9,15-16,19-20,23,25,29H,7,10-14,18H2,1-6H3/t20-,23+,25-,29+/m1/s1. The first-order chi connectivity index (χ1) is 18.4. The Hall–Kier alpha value is -3.21. The van der Waals surface area contributed by atoms with Gasteiger partial charge in [-0.25, -0.2) is 9.18 Å². The highest BCUT2D eigenvalue weighted by atomic mass is 19.1. The number of carbonyl (C=O) groups is 2. The number of carbonyl (C=O) groups excluding carboxylic acids is 2. The van der Waals surface area contributed by atoms with Crippen molar-refractivity contribution in [3.05, 3.63) is 41.3 Å². The van der Waals surface area contributed by atoms with E-state index in [9.17, 15) is 14.9 Å². The molecule has 1 aliphatic carbocycles. The molecular formula is C31H41FN4O3. The smallest absolute Gasteiger partial charge is 0.411 e. The van der Waals surface area contributed by atoms with Gasteiger partial charge in [0, 0.05) is 30.3 Å². The number of likely N-dealkylation sites (tertiary alicyclic amines) is 1. The van der Waals surface area contributed by atoms with Crippen LogP contribution in [0.2, 0.25) is 0 Å². The first-order valence-corrected chi connectivity index (χ1v) is 14.2. The molecule has 4 atom stereocenters. The van der Waals surface area contributed by atoms with E-state index in [0.29, 0.717) is 17.0 Å². The second-order valence-corrected chi connectivity index (χ2v) is 12.5. The predicted octanol–water partition coefficient (Wildman–Crippen LogP) is 6.34. The molecule has 0 unspecified atom stereocenters. The minimum absolute atomic E-state index is 0.00145. The topological polar surface area (TPSA) is 88.2 Å². The van der Waals surface area contributed by atoms with Crippen molar-refractivity contribution in [1.29, 1.82) is 5.26 Å². The molecule has 8 heteroatoms. The van der Waals surface area contributed by atoms with E-state index in [0.717, 1.165) is 43.6 Å². The van der Waals surface area contributed by atoms with Crippen molar-refractivity contribution in [3.8, 4) is 17.3 Å². The van der Waals surface area contributed by atoms with Crippen LogP contribution in [0.1, 0.15) is 78.5 Å². The molecule has 1 aliphatic heterocycles. The molecule has 1 saturated carbocycles. The third-order valence-corrected chi connectivity index (χ3v) is 7.73. The van der Waals surface area contributed by atoms with Gasteiger partial charge in [0.25, 0.3) is 0 Å². The number of hydrogen-bond acceptors (Lipinski definition) is 5. The first kappa shape index (κ1) is 28.8. The minimum Gasteiger partial charge on any atom is -0.444 e. The number of aromatic nitrogens is 2. The summed E-state index contributed by atoms with van der Waals surface area (Å²) in [5.74, 6) is -0.696. The first-order valence-electron chi connectivity index (χ1n) is 14.2. The number of benzene rings is 1. The van der Waals surface area contributed by atoms with Crippen LogP contribution >= 0.6 is 0 Å². The lowest BCUT2D eigenvalue weighted by atomic mass is 9.87. The quantitative estimate of drug-likeness (QED) is 0.373. The summed E-state index contributed by atoms with van der Waals surface area (Å²) in [6.07, 6.45) is 3.02. The molecule has 0 radical (unpaired) electrons. The molecule has 0 N–H and O–H groups in total. The number of piperidine rings is 1. The van der Waals surface area contributed by atoms with Crippen LogP contribution in [-0.2, 0) is 28.9 Å². The Morgan fingerprint density at radius 3 is 2.59 bits per heavy atom. The van der Waals surface area contributed by atoms with Crippen molar-refractivity contribution in [3.63, 3.8) is 0 Å². The molecule has 1 saturated heterocycles. The van der Waals surface area contributed by atoms with Gasteiger partial charge in [0.2, 0.25) is 0 Å². The third-order valence-electron chi connectivity index (χ3n) is 7.73. The van der Waals surface area contributed by atoms with Gasteiger partial charge in [-0.15, -0.1) is 0 Å². The van der Waals surface area contributed by atoms with Crippen LogP contribution in [-0.4, -0.2) is 44.2 Å². The molecule has 2 aromatic rings. The van der Waals surface area contributed by atoms with Crippen LogP contribution in [0, 0.1) is 34.9 Å². The van der Waals surface area contributed by atoms with Gasteiger partial charge in [-0.2, -0.15) is 10.4 Å². The lowest BCUT2D eigenvalue weighted by Gasteiger charge is -2.35. The summed E-state index contributed by atoms with van der Waals surface area (Å²) in [7, 11) is 0. The van der Waals surface area contributed by atoms with Gasteiger partial charge in [-0.05, 0) is 82.4 Å². The Morgan fingerprint density at radius 2 is 1.97 bits per heavy atom. The number of aryl methyl sites for hydroxylation is 1. The normalized spacial score (nSPS) is 21.3. The number of hydrogen-bond donors (Lipinski definition) is 0. The van der Waals surface area contributed by atoms with E-state index >= 15 is 4.39 Å². The van der Waals surface area contributed by atoms with E-state index in [1.165, 1.54) is 6.07 Å².